The first-order valence-corrected chi connectivity index (χ1v) is 7.75. The number of amides is 1. The summed E-state index contributed by atoms with van der Waals surface area (Å²) in [7, 11) is 0. The molecule has 2 nitrogen and oxygen atoms in total. The molecule has 1 aromatic carbocycles. The summed E-state index contributed by atoms with van der Waals surface area (Å²) in [6.07, 6.45) is 0. The van der Waals surface area contributed by atoms with Gasteiger partial charge in [-0.1, -0.05) is 12.1 Å². The highest BCUT2D eigenvalue weighted by atomic mass is 79.9. The first-order valence-electron chi connectivity index (χ1n) is 5.35. The first kappa shape index (κ1) is 13.8. The van der Waals surface area contributed by atoms with Crippen LogP contribution in [0.1, 0.15) is 20.8 Å². The Hall–Kier alpha value is -0.650. The Morgan fingerprint density at radius 2 is 2.06 bits per heavy atom. The van der Waals surface area contributed by atoms with Crippen molar-refractivity contribution in [1.82, 2.24) is 5.32 Å². The maximum atomic E-state index is 12.0. The van der Waals surface area contributed by atoms with Crippen LogP contribution in [0.5, 0.6) is 0 Å². The van der Waals surface area contributed by atoms with E-state index in [1.54, 1.807) is 11.3 Å². The number of nitrogens with one attached hydrogen (secondary N) is 1. The average molecular weight is 389 g/mol. The van der Waals surface area contributed by atoms with E-state index < -0.39 is 0 Å². The summed E-state index contributed by atoms with van der Waals surface area (Å²) in [6.45, 7) is 2.52. The van der Waals surface area contributed by atoms with Gasteiger partial charge in [0.25, 0.3) is 5.91 Å². The van der Waals surface area contributed by atoms with E-state index in [9.17, 15) is 4.79 Å². The predicted octanol–water partition coefficient (Wildman–Crippen LogP) is 4.51. The highest BCUT2D eigenvalue weighted by Crippen LogP contribution is 2.23. The van der Waals surface area contributed by atoms with E-state index in [2.05, 4.69) is 37.2 Å². The molecule has 0 saturated heterocycles. The maximum Gasteiger partial charge on any atom is 0.252 e. The van der Waals surface area contributed by atoms with Gasteiger partial charge < -0.3 is 5.32 Å². The van der Waals surface area contributed by atoms with Crippen LogP contribution < -0.4 is 5.32 Å². The molecule has 5 heteroatoms. The zero-order valence-electron chi connectivity index (χ0n) is 9.67. The van der Waals surface area contributed by atoms with Gasteiger partial charge in [-0.15, -0.1) is 11.3 Å². The number of benzene rings is 1. The predicted molar refractivity (Wildman–Crippen MR) is 82.1 cm³/mol. The van der Waals surface area contributed by atoms with Crippen molar-refractivity contribution in [3.05, 3.63) is 54.6 Å². The summed E-state index contributed by atoms with van der Waals surface area (Å²) < 4.78 is 1.93. The SMILES string of the molecule is Cc1cccc(C(=O)NCc2ccc(Br)s2)c1Br. The third-order valence-corrected chi connectivity index (χ3v) is 5.16. The van der Waals surface area contributed by atoms with Gasteiger partial charge >= 0.3 is 0 Å². The van der Waals surface area contributed by atoms with Crippen LogP contribution in [0.2, 0.25) is 0 Å². The molecular formula is C13H11Br2NOS. The Bertz CT molecular complexity index is 580. The smallest absolute Gasteiger partial charge is 0.252 e. The number of rotatable bonds is 3. The molecule has 0 bridgehead atoms. The van der Waals surface area contributed by atoms with E-state index in [1.165, 1.54) is 0 Å². The van der Waals surface area contributed by atoms with Gasteiger partial charge in [0.15, 0.2) is 0 Å². The molecule has 1 aromatic heterocycles. The molecular weight excluding hydrogens is 378 g/mol. The third-order valence-electron chi connectivity index (χ3n) is 2.49. The summed E-state index contributed by atoms with van der Waals surface area (Å²) in [6, 6.07) is 9.65. The summed E-state index contributed by atoms with van der Waals surface area (Å²) in [4.78, 5) is 13.2. The van der Waals surface area contributed by atoms with Crippen molar-refractivity contribution in [3.8, 4) is 0 Å². The Labute approximate surface area is 127 Å². The summed E-state index contributed by atoms with van der Waals surface area (Å²) in [5, 5.41) is 2.92. The van der Waals surface area contributed by atoms with E-state index >= 15 is 0 Å². The number of halogens is 2. The summed E-state index contributed by atoms with van der Waals surface area (Å²) >= 11 is 8.47. The minimum atomic E-state index is -0.0601. The van der Waals surface area contributed by atoms with Crippen LogP contribution >= 0.6 is 43.2 Å². The number of thiophene rings is 1. The van der Waals surface area contributed by atoms with Gasteiger partial charge in [-0.05, 0) is 62.5 Å². The molecule has 2 aromatic rings. The first-order chi connectivity index (χ1) is 8.58. The number of hydrogen-bond acceptors (Lipinski definition) is 2. The third kappa shape index (κ3) is 3.22. The lowest BCUT2D eigenvalue weighted by Crippen LogP contribution is -2.22. The van der Waals surface area contributed by atoms with Gasteiger partial charge in [0.05, 0.1) is 15.9 Å². The van der Waals surface area contributed by atoms with Crippen LogP contribution in [0, 0.1) is 6.92 Å². The highest BCUT2D eigenvalue weighted by Gasteiger charge is 2.11. The highest BCUT2D eigenvalue weighted by molar-refractivity contribution is 9.11. The van der Waals surface area contributed by atoms with Crippen LogP contribution in [0.3, 0.4) is 0 Å². The van der Waals surface area contributed by atoms with Crippen LogP contribution in [-0.4, -0.2) is 5.91 Å². The van der Waals surface area contributed by atoms with Crippen molar-refractivity contribution < 1.29 is 4.79 Å². The molecule has 2 rings (SSSR count). The molecule has 0 spiro atoms. The van der Waals surface area contributed by atoms with Crippen molar-refractivity contribution in [3.63, 3.8) is 0 Å². The summed E-state index contributed by atoms with van der Waals surface area (Å²) in [5.74, 6) is -0.0601. The fourth-order valence-corrected chi connectivity index (χ4v) is 3.40. The Balaban J connectivity index is 2.06. The lowest BCUT2D eigenvalue weighted by molar-refractivity contribution is 0.0950. The molecule has 0 fully saturated rings. The molecule has 0 atom stereocenters. The molecule has 0 saturated carbocycles. The van der Waals surface area contributed by atoms with Gasteiger partial charge in [-0.3, -0.25) is 4.79 Å². The molecule has 0 unspecified atom stereocenters. The molecule has 18 heavy (non-hydrogen) atoms. The lowest BCUT2D eigenvalue weighted by atomic mass is 10.1. The van der Waals surface area contributed by atoms with E-state index in [0.717, 1.165) is 18.7 Å². The van der Waals surface area contributed by atoms with Gasteiger partial charge in [0.1, 0.15) is 0 Å². The van der Waals surface area contributed by atoms with E-state index in [0.29, 0.717) is 12.1 Å². The summed E-state index contributed by atoms with van der Waals surface area (Å²) in [5.41, 5.74) is 1.73. The van der Waals surface area contributed by atoms with E-state index in [1.807, 2.05) is 37.3 Å². The minimum Gasteiger partial charge on any atom is -0.347 e. The molecule has 0 radical (unpaired) electrons. The molecule has 1 amide bonds. The second-order valence-corrected chi connectivity index (χ2v) is 7.17. The zero-order valence-corrected chi connectivity index (χ0v) is 13.7. The van der Waals surface area contributed by atoms with Crippen LogP contribution in [0.4, 0.5) is 0 Å². The maximum absolute atomic E-state index is 12.0. The zero-order chi connectivity index (χ0) is 13.1. The molecule has 0 aliphatic rings. The number of aryl methyl sites for hydroxylation is 1. The number of hydrogen-bond donors (Lipinski definition) is 1. The molecule has 0 aliphatic heterocycles. The molecule has 94 valence electrons. The van der Waals surface area contributed by atoms with Crippen LogP contribution in [0.15, 0.2) is 38.6 Å². The van der Waals surface area contributed by atoms with Crippen molar-refractivity contribution in [2.45, 2.75) is 13.5 Å². The Morgan fingerprint density at radius 3 is 2.72 bits per heavy atom. The number of carbonyl (C=O) groups is 1. The second-order valence-electron chi connectivity index (χ2n) is 3.82. The Kier molecular flexibility index (Phi) is 4.59. The lowest BCUT2D eigenvalue weighted by Gasteiger charge is -2.07. The Morgan fingerprint density at radius 1 is 1.28 bits per heavy atom. The molecule has 1 N–H and O–H groups in total. The quantitative estimate of drug-likeness (QED) is 0.823. The number of carbonyl (C=O) groups excluding carboxylic acids is 1. The van der Waals surface area contributed by atoms with Gasteiger partial charge in [-0.25, -0.2) is 0 Å². The molecule has 0 aliphatic carbocycles. The van der Waals surface area contributed by atoms with Gasteiger partial charge in [0.2, 0.25) is 0 Å². The van der Waals surface area contributed by atoms with Crippen molar-refractivity contribution in [2.75, 3.05) is 0 Å². The van der Waals surface area contributed by atoms with Gasteiger partial charge in [-0.2, -0.15) is 0 Å². The largest absolute Gasteiger partial charge is 0.347 e. The monoisotopic (exact) mass is 387 g/mol. The van der Waals surface area contributed by atoms with Crippen molar-refractivity contribution in [1.29, 1.82) is 0 Å². The van der Waals surface area contributed by atoms with E-state index in [4.69, 9.17) is 0 Å². The van der Waals surface area contributed by atoms with E-state index in [-0.39, 0.29) is 5.91 Å². The normalized spacial score (nSPS) is 10.4. The van der Waals surface area contributed by atoms with Gasteiger partial charge in [0, 0.05) is 9.35 Å². The topological polar surface area (TPSA) is 29.1 Å². The molecule has 1 heterocycles. The second kappa shape index (κ2) is 5.99. The van der Waals surface area contributed by atoms with Crippen LogP contribution in [-0.2, 0) is 6.54 Å². The average Bonchev–Trinajstić information content (AvgIpc) is 2.76. The van der Waals surface area contributed by atoms with Crippen molar-refractivity contribution >= 4 is 49.1 Å². The minimum absolute atomic E-state index is 0.0601. The fourth-order valence-electron chi connectivity index (χ4n) is 1.53. The standard InChI is InChI=1S/C13H11Br2NOS/c1-8-3-2-4-10(12(8)15)13(17)16-7-9-5-6-11(14)18-9/h2-6H,7H2,1H3,(H,16,17). The van der Waals surface area contributed by atoms with Crippen LogP contribution in [0.25, 0.3) is 0 Å². The fraction of sp³-hybridized carbons (Fsp3) is 0.154. The van der Waals surface area contributed by atoms with Crippen molar-refractivity contribution in [2.24, 2.45) is 0 Å².